The monoisotopic (exact) mass is 406 g/mol. The van der Waals surface area contributed by atoms with Gasteiger partial charge in [-0.15, -0.1) is 0 Å². The zero-order chi connectivity index (χ0) is 20.4. The number of likely N-dealkylation sites (tertiary alicyclic amines) is 1. The lowest BCUT2D eigenvalue weighted by molar-refractivity contribution is 0.0904. The normalized spacial score (nSPS) is 21.5. The van der Waals surface area contributed by atoms with E-state index in [2.05, 4.69) is 29.2 Å². The number of aromatic nitrogens is 2. The molecular formula is C21H28ClFN4O. The summed E-state index contributed by atoms with van der Waals surface area (Å²) in [6, 6.07) is 5.83. The molecule has 1 aromatic carbocycles. The third kappa shape index (κ3) is 4.73. The SMILES string of the molecule is Cc1nn(-c2ccc(F)cc2)c(Cl)c1C(=O)N[C@@H](C)CN1C[C@@H](C)C[C@H](C)C1. The molecule has 7 heteroatoms. The Morgan fingerprint density at radius 3 is 2.50 bits per heavy atom. The summed E-state index contributed by atoms with van der Waals surface area (Å²) >= 11 is 6.45. The second kappa shape index (κ2) is 8.62. The molecule has 28 heavy (non-hydrogen) atoms. The van der Waals surface area contributed by atoms with E-state index in [0.717, 1.165) is 19.6 Å². The Labute approximate surface area is 170 Å². The van der Waals surface area contributed by atoms with E-state index in [0.29, 0.717) is 28.8 Å². The first-order chi connectivity index (χ1) is 13.2. The lowest BCUT2D eigenvalue weighted by Gasteiger charge is -2.36. The fourth-order valence-electron chi connectivity index (χ4n) is 4.18. The smallest absolute Gasteiger partial charge is 0.256 e. The lowest BCUT2D eigenvalue weighted by atomic mass is 9.92. The highest BCUT2D eigenvalue weighted by Gasteiger charge is 2.25. The molecule has 0 aliphatic carbocycles. The van der Waals surface area contributed by atoms with Crippen molar-refractivity contribution in [1.82, 2.24) is 20.0 Å². The average Bonchev–Trinajstić information content (AvgIpc) is 2.89. The molecule has 1 aromatic heterocycles. The van der Waals surface area contributed by atoms with Crippen molar-refractivity contribution in [3.63, 3.8) is 0 Å². The van der Waals surface area contributed by atoms with E-state index in [1.54, 1.807) is 19.1 Å². The van der Waals surface area contributed by atoms with Gasteiger partial charge in [-0.25, -0.2) is 9.07 Å². The number of aryl methyl sites for hydroxylation is 1. The summed E-state index contributed by atoms with van der Waals surface area (Å²) in [6.45, 7) is 11.2. The van der Waals surface area contributed by atoms with Gasteiger partial charge in [0.1, 0.15) is 11.0 Å². The van der Waals surface area contributed by atoms with Crippen LogP contribution in [0.3, 0.4) is 0 Å². The van der Waals surface area contributed by atoms with E-state index in [1.165, 1.54) is 23.2 Å². The summed E-state index contributed by atoms with van der Waals surface area (Å²) in [6.07, 6.45) is 1.26. The third-order valence-corrected chi connectivity index (χ3v) is 5.51. The Morgan fingerprint density at radius 2 is 1.89 bits per heavy atom. The molecule has 152 valence electrons. The molecule has 0 bridgehead atoms. The van der Waals surface area contributed by atoms with Gasteiger partial charge in [-0.2, -0.15) is 5.10 Å². The van der Waals surface area contributed by atoms with E-state index >= 15 is 0 Å². The van der Waals surface area contributed by atoms with E-state index < -0.39 is 0 Å². The Kier molecular flexibility index (Phi) is 6.40. The van der Waals surface area contributed by atoms with E-state index in [1.807, 2.05) is 6.92 Å². The maximum Gasteiger partial charge on any atom is 0.256 e. The molecule has 1 aliphatic rings. The van der Waals surface area contributed by atoms with Gasteiger partial charge in [0.25, 0.3) is 5.91 Å². The lowest BCUT2D eigenvalue weighted by Crippen LogP contribution is -2.47. The van der Waals surface area contributed by atoms with Gasteiger partial charge in [-0.1, -0.05) is 25.4 Å². The van der Waals surface area contributed by atoms with Gasteiger partial charge in [-0.3, -0.25) is 4.79 Å². The van der Waals surface area contributed by atoms with Crippen molar-refractivity contribution in [1.29, 1.82) is 0 Å². The summed E-state index contributed by atoms with van der Waals surface area (Å²) in [5, 5.41) is 7.65. The first kappa shape index (κ1) is 20.8. The highest BCUT2D eigenvalue weighted by atomic mass is 35.5. The van der Waals surface area contributed by atoms with Crippen LogP contribution in [0.5, 0.6) is 0 Å². The summed E-state index contributed by atoms with van der Waals surface area (Å²) in [7, 11) is 0. The molecular weight excluding hydrogens is 379 g/mol. The summed E-state index contributed by atoms with van der Waals surface area (Å²) in [5.74, 6) is 0.785. The number of halogens is 2. The summed E-state index contributed by atoms with van der Waals surface area (Å²) in [5.41, 5.74) is 1.51. The van der Waals surface area contributed by atoms with Crippen molar-refractivity contribution in [3.05, 3.63) is 46.5 Å². The molecule has 0 unspecified atom stereocenters. The molecule has 1 aliphatic heterocycles. The largest absolute Gasteiger partial charge is 0.348 e. The predicted octanol–water partition coefficient (Wildman–Crippen LogP) is 4.07. The molecule has 3 rings (SSSR count). The quantitative estimate of drug-likeness (QED) is 0.814. The molecule has 0 radical (unpaired) electrons. The van der Waals surface area contributed by atoms with Crippen LogP contribution in [0.1, 0.15) is 43.2 Å². The van der Waals surface area contributed by atoms with Crippen LogP contribution in [-0.2, 0) is 0 Å². The number of benzene rings is 1. The molecule has 0 spiro atoms. The second-order valence-electron chi connectivity index (χ2n) is 8.18. The highest BCUT2D eigenvalue weighted by molar-refractivity contribution is 6.33. The number of carbonyl (C=O) groups is 1. The minimum Gasteiger partial charge on any atom is -0.348 e. The van der Waals surface area contributed by atoms with Crippen molar-refractivity contribution in [3.8, 4) is 5.69 Å². The zero-order valence-corrected chi connectivity index (χ0v) is 17.6. The highest BCUT2D eigenvalue weighted by Crippen LogP contribution is 2.24. The number of hydrogen-bond acceptors (Lipinski definition) is 3. The number of hydrogen-bond donors (Lipinski definition) is 1. The number of amides is 1. The summed E-state index contributed by atoms with van der Waals surface area (Å²) in [4.78, 5) is 15.3. The predicted molar refractivity (Wildman–Crippen MR) is 110 cm³/mol. The molecule has 2 aromatic rings. The molecule has 1 N–H and O–H groups in total. The van der Waals surface area contributed by atoms with Crippen molar-refractivity contribution in [2.75, 3.05) is 19.6 Å². The standard InChI is InChI=1S/C21H28ClFN4O/c1-13-9-14(2)11-26(10-13)12-15(3)24-21(28)19-16(4)25-27(20(19)22)18-7-5-17(23)6-8-18/h5-8,13-15H,9-12H2,1-4H3,(H,24,28)/t13-,14-,15-/m0/s1. The van der Waals surface area contributed by atoms with Crippen molar-refractivity contribution in [2.45, 2.75) is 40.2 Å². The van der Waals surface area contributed by atoms with E-state index in [4.69, 9.17) is 11.6 Å². The third-order valence-electron chi connectivity index (χ3n) is 5.16. The maximum absolute atomic E-state index is 13.2. The number of piperidine rings is 1. The van der Waals surface area contributed by atoms with Crippen LogP contribution in [0.25, 0.3) is 5.69 Å². The zero-order valence-electron chi connectivity index (χ0n) is 16.9. The fourth-order valence-corrected chi connectivity index (χ4v) is 4.54. The van der Waals surface area contributed by atoms with Crippen LogP contribution in [-0.4, -0.2) is 46.3 Å². The van der Waals surface area contributed by atoms with Crippen molar-refractivity contribution in [2.24, 2.45) is 11.8 Å². The van der Waals surface area contributed by atoms with Gasteiger partial charge in [0, 0.05) is 25.7 Å². The Morgan fingerprint density at radius 1 is 1.29 bits per heavy atom. The van der Waals surface area contributed by atoms with Gasteiger partial charge in [0.05, 0.1) is 16.9 Å². The second-order valence-corrected chi connectivity index (χ2v) is 8.54. The fraction of sp³-hybridized carbons (Fsp3) is 0.524. The molecule has 1 fully saturated rings. The van der Waals surface area contributed by atoms with E-state index in [9.17, 15) is 9.18 Å². The van der Waals surface area contributed by atoms with Gasteiger partial charge < -0.3 is 10.2 Å². The van der Waals surface area contributed by atoms with Gasteiger partial charge in [0.15, 0.2) is 0 Å². The molecule has 2 heterocycles. The number of carbonyl (C=O) groups excluding carboxylic acids is 1. The minimum absolute atomic E-state index is 0.00496. The van der Waals surface area contributed by atoms with Crippen LogP contribution in [0, 0.1) is 24.6 Å². The topological polar surface area (TPSA) is 50.2 Å². The Balaban J connectivity index is 1.69. The van der Waals surface area contributed by atoms with Crippen molar-refractivity contribution < 1.29 is 9.18 Å². The molecule has 3 atom stereocenters. The molecule has 5 nitrogen and oxygen atoms in total. The number of rotatable bonds is 5. The van der Waals surface area contributed by atoms with Crippen LogP contribution in [0.4, 0.5) is 4.39 Å². The van der Waals surface area contributed by atoms with Gasteiger partial charge in [0.2, 0.25) is 0 Å². The number of nitrogens with zero attached hydrogens (tertiary/aromatic N) is 3. The van der Waals surface area contributed by atoms with Crippen LogP contribution in [0.2, 0.25) is 5.15 Å². The van der Waals surface area contributed by atoms with Crippen LogP contribution < -0.4 is 5.32 Å². The maximum atomic E-state index is 13.2. The van der Waals surface area contributed by atoms with Crippen molar-refractivity contribution >= 4 is 17.5 Å². The average molecular weight is 407 g/mol. The minimum atomic E-state index is -0.336. The Hall–Kier alpha value is -1.92. The van der Waals surface area contributed by atoms with Gasteiger partial charge in [-0.05, 0) is 56.4 Å². The van der Waals surface area contributed by atoms with Gasteiger partial charge >= 0.3 is 0 Å². The van der Waals surface area contributed by atoms with Crippen LogP contribution >= 0.6 is 11.6 Å². The number of nitrogens with one attached hydrogen (secondary N) is 1. The van der Waals surface area contributed by atoms with Crippen LogP contribution in [0.15, 0.2) is 24.3 Å². The first-order valence-corrected chi connectivity index (χ1v) is 10.2. The van der Waals surface area contributed by atoms with E-state index in [-0.39, 0.29) is 22.9 Å². The summed E-state index contributed by atoms with van der Waals surface area (Å²) < 4.78 is 14.6. The molecule has 1 amide bonds. The molecule has 0 saturated carbocycles. The first-order valence-electron chi connectivity index (χ1n) is 9.78. The Bertz CT molecular complexity index is 826. The molecule has 1 saturated heterocycles.